The molecule has 1 unspecified atom stereocenters. The lowest BCUT2D eigenvalue weighted by Crippen LogP contribution is -2.41. The number of para-hydroxylation sites is 2. The van der Waals surface area contributed by atoms with Gasteiger partial charge in [0.05, 0.1) is 17.9 Å². The summed E-state index contributed by atoms with van der Waals surface area (Å²) < 4.78 is 2.20. The lowest BCUT2D eigenvalue weighted by atomic mass is 9.88. The van der Waals surface area contributed by atoms with Crippen LogP contribution in [-0.2, 0) is 6.54 Å². The number of aromatic nitrogens is 3. The molecule has 6 rings (SSSR count). The van der Waals surface area contributed by atoms with E-state index in [0.29, 0.717) is 6.04 Å². The fourth-order valence-corrected chi connectivity index (χ4v) is 5.99. The zero-order valence-corrected chi connectivity index (χ0v) is 21.8. The number of anilines is 1. The van der Waals surface area contributed by atoms with Crippen LogP contribution in [0.4, 0.5) is 5.69 Å². The Kier molecular flexibility index (Phi) is 6.62. The monoisotopic (exact) mass is 489 g/mol. The third-order valence-corrected chi connectivity index (χ3v) is 8.01. The van der Waals surface area contributed by atoms with Gasteiger partial charge in [0.15, 0.2) is 5.82 Å². The summed E-state index contributed by atoms with van der Waals surface area (Å²) in [6, 6.07) is 31.0. The van der Waals surface area contributed by atoms with E-state index in [1.54, 1.807) is 5.57 Å². The Morgan fingerprint density at radius 3 is 2.03 bits per heavy atom. The van der Waals surface area contributed by atoms with Crippen molar-refractivity contribution in [2.75, 3.05) is 24.5 Å². The Hall–Kier alpha value is -3.70. The van der Waals surface area contributed by atoms with E-state index in [0.717, 1.165) is 57.1 Å². The van der Waals surface area contributed by atoms with Crippen LogP contribution >= 0.6 is 0 Å². The molecule has 37 heavy (non-hydrogen) atoms. The molecule has 3 aromatic carbocycles. The van der Waals surface area contributed by atoms with E-state index in [1.807, 2.05) is 6.92 Å². The van der Waals surface area contributed by atoms with Gasteiger partial charge in [-0.1, -0.05) is 78.4 Å². The predicted molar refractivity (Wildman–Crippen MR) is 151 cm³/mol. The van der Waals surface area contributed by atoms with Gasteiger partial charge in [-0.2, -0.15) is 0 Å². The van der Waals surface area contributed by atoms with Crippen molar-refractivity contribution in [2.24, 2.45) is 0 Å². The zero-order chi connectivity index (χ0) is 25.2. The quantitative estimate of drug-likeness (QED) is 0.320. The van der Waals surface area contributed by atoms with Gasteiger partial charge in [-0.05, 0) is 61.9 Å². The third kappa shape index (κ3) is 4.72. The standard InChI is InChI=1S/C32H35N5/c1-24(17-20-36-23-31-34-33-25(2)37(31)30-16-10-9-15-29(30)36)35-21-18-28(19-22-35)32(26-11-5-3-6-12-26)27-13-7-4-8-14-27/h3-16,24H,17-23H2,1-2H3. The van der Waals surface area contributed by atoms with Crippen molar-refractivity contribution >= 4 is 11.3 Å². The average molecular weight is 490 g/mol. The van der Waals surface area contributed by atoms with Gasteiger partial charge in [-0.15, -0.1) is 10.2 Å². The van der Waals surface area contributed by atoms with Crippen LogP contribution in [0.15, 0.2) is 90.5 Å². The number of nitrogens with zero attached hydrogens (tertiary/aromatic N) is 5. The van der Waals surface area contributed by atoms with Crippen LogP contribution in [0.1, 0.15) is 49.0 Å². The summed E-state index contributed by atoms with van der Waals surface area (Å²) in [6.07, 6.45) is 3.38. The zero-order valence-electron chi connectivity index (χ0n) is 21.8. The number of likely N-dealkylation sites (tertiary alicyclic amines) is 1. The number of piperidine rings is 1. The van der Waals surface area contributed by atoms with Gasteiger partial charge in [0.2, 0.25) is 0 Å². The molecule has 188 valence electrons. The first-order valence-corrected chi connectivity index (χ1v) is 13.5. The third-order valence-electron chi connectivity index (χ3n) is 8.01. The molecule has 2 aliphatic rings. The summed E-state index contributed by atoms with van der Waals surface area (Å²) in [5, 5.41) is 8.79. The lowest BCUT2D eigenvalue weighted by Gasteiger charge is -2.37. The van der Waals surface area contributed by atoms with Gasteiger partial charge in [0.25, 0.3) is 0 Å². The maximum absolute atomic E-state index is 4.45. The van der Waals surface area contributed by atoms with Crippen molar-refractivity contribution in [3.63, 3.8) is 0 Å². The minimum absolute atomic E-state index is 0.534. The highest BCUT2D eigenvalue weighted by atomic mass is 15.3. The molecule has 4 aromatic rings. The first-order chi connectivity index (χ1) is 18.2. The highest BCUT2D eigenvalue weighted by Gasteiger charge is 2.27. The molecule has 1 saturated heterocycles. The van der Waals surface area contributed by atoms with Crippen LogP contribution in [-0.4, -0.2) is 45.3 Å². The Bertz CT molecular complexity index is 1340. The van der Waals surface area contributed by atoms with E-state index in [1.165, 1.54) is 28.1 Å². The molecule has 0 radical (unpaired) electrons. The normalized spacial score (nSPS) is 16.3. The summed E-state index contributed by atoms with van der Waals surface area (Å²) in [5.41, 5.74) is 8.15. The molecule has 0 bridgehead atoms. The number of rotatable bonds is 6. The largest absolute Gasteiger partial charge is 0.362 e. The smallest absolute Gasteiger partial charge is 0.157 e. The molecule has 0 aliphatic carbocycles. The molecule has 1 aromatic heterocycles. The topological polar surface area (TPSA) is 37.2 Å². The van der Waals surface area contributed by atoms with Gasteiger partial charge in [0.1, 0.15) is 5.82 Å². The van der Waals surface area contributed by atoms with Crippen LogP contribution in [0.2, 0.25) is 0 Å². The summed E-state index contributed by atoms with van der Waals surface area (Å²) in [5.74, 6) is 1.99. The predicted octanol–water partition coefficient (Wildman–Crippen LogP) is 6.27. The highest BCUT2D eigenvalue weighted by Crippen LogP contribution is 2.34. The van der Waals surface area contributed by atoms with Gasteiger partial charge in [-0.25, -0.2) is 0 Å². The molecule has 5 nitrogen and oxygen atoms in total. The Morgan fingerprint density at radius 2 is 1.38 bits per heavy atom. The highest BCUT2D eigenvalue weighted by molar-refractivity contribution is 5.82. The number of fused-ring (bicyclic) bond motifs is 3. The number of hydrogen-bond donors (Lipinski definition) is 0. The second-order valence-electron chi connectivity index (χ2n) is 10.3. The van der Waals surface area contributed by atoms with Crippen molar-refractivity contribution in [3.05, 3.63) is 113 Å². The molecule has 2 aliphatic heterocycles. The van der Waals surface area contributed by atoms with Gasteiger partial charge in [-0.3, -0.25) is 9.47 Å². The Labute approximate surface area is 220 Å². The van der Waals surface area contributed by atoms with Gasteiger partial charge < -0.3 is 4.90 Å². The van der Waals surface area contributed by atoms with E-state index < -0.39 is 0 Å². The van der Waals surface area contributed by atoms with Crippen LogP contribution in [0.5, 0.6) is 0 Å². The van der Waals surface area contributed by atoms with Crippen molar-refractivity contribution in [1.29, 1.82) is 0 Å². The van der Waals surface area contributed by atoms with E-state index in [9.17, 15) is 0 Å². The fraction of sp³-hybridized carbons (Fsp3) is 0.312. The van der Waals surface area contributed by atoms with Crippen LogP contribution in [0, 0.1) is 6.92 Å². The summed E-state index contributed by atoms with van der Waals surface area (Å²) in [6.45, 7) is 8.49. The SMILES string of the molecule is Cc1nnc2n1-c1ccccc1N(CCC(C)N1CCC(=C(c3ccccc3)c3ccccc3)CC1)C2. The number of hydrogen-bond acceptors (Lipinski definition) is 4. The second-order valence-corrected chi connectivity index (χ2v) is 10.3. The lowest BCUT2D eigenvalue weighted by molar-refractivity contribution is 0.187. The minimum atomic E-state index is 0.534. The fourth-order valence-electron chi connectivity index (χ4n) is 5.99. The molecule has 1 fully saturated rings. The molecule has 5 heteroatoms. The van der Waals surface area contributed by atoms with E-state index in [4.69, 9.17) is 0 Å². The van der Waals surface area contributed by atoms with Crippen LogP contribution in [0.3, 0.4) is 0 Å². The Balaban J connectivity index is 1.14. The molecular weight excluding hydrogens is 454 g/mol. The van der Waals surface area contributed by atoms with Gasteiger partial charge >= 0.3 is 0 Å². The van der Waals surface area contributed by atoms with Crippen molar-refractivity contribution < 1.29 is 0 Å². The molecule has 3 heterocycles. The molecule has 1 atom stereocenters. The maximum Gasteiger partial charge on any atom is 0.157 e. The van der Waals surface area contributed by atoms with E-state index in [2.05, 4.69) is 116 Å². The molecule has 0 spiro atoms. The molecule has 0 saturated carbocycles. The summed E-state index contributed by atoms with van der Waals surface area (Å²) in [4.78, 5) is 5.16. The number of aryl methyl sites for hydroxylation is 1. The maximum atomic E-state index is 4.45. The summed E-state index contributed by atoms with van der Waals surface area (Å²) in [7, 11) is 0. The first kappa shape index (κ1) is 23.7. The minimum Gasteiger partial charge on any atom is -0.362 e. The molecular formula is C32H35N5. The molecule has 0 N–H and O–H groups in total. The van der Waals surface area contributed by atoms with Crippen molar-refractivity contribution in [3.8, 4) is 5.69 Å². The molecule has 0 amide bonds. The Morgan fingerprint density at radius 1 is 0.784 bits per heavy atom. The van der Waals surface area contributed by atoms with Crippen LogP contribution in [0.25, 0.3) is 11.3 Å². The van der Waals surface area contributed by atoms with Gasteiger partial charge in [0, 0.05) is 25.7 Å². The second kappa shape index (κ2) is 10.3. The van der Waals surface area contributed by atoms with Crippen molar-refractivity contribution in [1.82, 2.24) is 19.7 Å². The summed E-state index contributed by atoms with van der Waals surface area (Å²) >= 11 is 0. The van der Waals surface area contributed by atoms with Crippen molar-refractivity contribution in [2.45, 2.75) is 45.7 Å². The number of benzene rings is 3. The first-order valence-electron chi connectivity index (χ1n) is 13.5. The van der Waals surface area contributed by atoms with E-state index >= 15 is 0 Å². The van der Waals surface area contributed by atoms with E-state index in [-0.39, 0.29) is 0 Å². The van der Waals surface area contributed by atoms with Crippen LogP contribution < -0.4 is 4.90 Å². The average Bonchev–Trinajstić information content (AvgIpc) is 3.33.